The fourth-order valence-electron chi connectivity index (χ4n) is 3.76. The number of halogens is 3. The molecule has 184 valence electrons. The van der Waals surface area contributed by atoms with Crippen LogP contribution in [0.4, 0.5) is 13.2 Å². The standard InChI is InChI=1S/C23H26F3N3O4S/c1-2-27-22(31)18-6-3-5-16(13-18)15-28-21(30)17-9-11-29(12-10-17)34(32,33)20-8-4-7-19(14-20)23(24,25)26/h3-8,13-14,17H,2,9-12,15H2,1H3,(H,27,31)(H,28,30). The van der Waals surface area contributed by atoms with Crippen molar-refractivity contribution in [2.75, 3.05) is 19.6 Å². The molecule has 0 aliphatic carbocycles. The molecule has 0 radical (unpaired) electrons. The van der Waals surface area contributed by atoms with Gasteiger partial charge in [-0.2, -0.15) is 17.5 Å². The molecule has 1 aliphatic rings. The highest BCUT2D eigenvalue weighted by atomic mass is 32.2. The molecule has 3 rings (SSSR count). The molecule has 0 unspecified atom stereocenters. The van der Waals surface area contributed by atoms with Crippen LogP contribution in [-0.4, -0.2) is 44.2 Å². The maximum absolute atomic E-state index is 13.0. The van der Waals surface area contributed by atoms with Crippen LogP contribution >= 0.6 is 0 Å². The number of piperidine rings is 1. The van der Waals surface area contributed by atoms with Gasteiger partial charge in [0.25, 0.3) is 5.91 Å². The molecule has 0 bridgehead atoms. The third-order valence-corrected chi connectivity index (χ3v) is 7.51. The first-order valence-corrected chi connectivity index (χ1v) is 12.3. The highest BCUT2D eigenvalue weighted by Gasteiger charge is 2.35. The second-order valence-electron chi connectivity index (χ2n) is 7.98. The van der Waals surface area contributed by atoms with E-state index in [1.54, 1.807) is 24.3 Å². The van der Waals surface area contributed by atoms with Crippen LogP contribution in [0, 0.1) is 5.92 Å². The monoisotopic (exact) mass is 497 g/mol. The first kappa shape index (κ1) is 25.7. The lowest BCUT2D eigenvalue weighted by Crippen LogP contribution is -2.42. The van der Waals surface area contributed by atoms with Crippen molar-refractivity contribution in [1.82, 2.24) is 14.9 Å². The van der Waals surface area contributed by atoms with Crippen molar-refractivity contribution in [3.05, 3.63) is 65.2 Å². The number of benzene rings is 2. The van der Waals surface area contributed by atoms with Crippen LogP contribution in [-0.2, 0) is 27.5 Å². The van der Waals surface area contributed by atoms with Crippen LogP contribution in [0.15, 0.2) is 53.4 Å². The molecule has 34 heavy (non-hydrogen) atoms. The molecule has 1 fully saturated rings. The lowest BCUT2D eigenvalue weighted by atomic mass is 9.97. The summed E-state index contributed by atoms with van der Waals surface area (Å²) < 4.78 is 65.6. The van der Waals surface area contributed by atoms with E-state index < -0.39 is 32.6 Å². The summed E-state index contributed by atoms with van der Waals surface area (Å²) in [6.07, 6.45) is -4.14. The smallest absolute Gasteiger partial charge is 0.352 e. The molecule has 1 aliphatic heterocycles. The van der Waals surface area contributed by atoms with Gasteiger partial charge in [0, 0.05) is 37.7 Å². The van der Waals surface area contributed by atoms with Crippen LogP contribution in [0.3, 0.4) is 0 Å². The van der Waals surface area contributed by atoms with Gasteiger partial charge in [0.2, 0.25) is 15.9 Å². The minimum atomic E-state index is -4.64. The minimum absolute atomic E-state index is 0.0311. The van der Waals surface area contributed by atoms with Crippen molar-refractivity contribution >= 4 is 21.8 Å². The number of hydrogen-bond acceptors (Lipinski definition) is 4. The zero-order valence-corrected chi connectivity index (χ0v) is 19.4. The summed E-state index contributed by atoms with van der Waals surface area (Å²) in [5.74, 6) is -0.857. The molecule has 2 N–H and O–H groups in total. The third-order valence-electron chi connectivity index (χ3n) is 5.62. The van der Waals surface area contributed by atoms with E-state index >= 15 is 0 Å². The highest BCUT2D eigenvalue weighted by molar-refractivity contribution is 7.89. The van der Waals surface area contributed by atoms with Crippen LogP contribution < -0.4 is 10.6 Å². The molecule has 7 nitrogen and oxygen atoms in total. The van der Waals surface area contributed by atoms with E-state index in [1.165, 1.54) is 0 Å². The van der Waals surface area contributed by atoms with Crippen LogP contribution in [0.5, 0.6) is 0 Å². The Labute approximate surface area is 196 Å². The minimum Gasteiger partial charge on any atom is -0.352 e. The SMILES string of the molecule is CCNC(=O)c1cccc(CNC(=O)C2CCN(S(=O)(=O)c3cccc(C(F)(F)F)c3)CC2)c1. The zero-order valence-electron chi connectivity index (χ0n) is 18.6. The summed E-state index contributed by atoms with van der Waals surface area (Å²) in [6.45, 7) is 2.60. The second kappa shape index (κ2) is 10.6. The summed E-state index contributed by atoms with van der Waals surface area (Å²) in [5, 5.41) is 5.52. The summed E-state index contributed by atoms with van der Waals surface area (Å²) in [5.41, 5.74) is 0.211. The molecule has 0 atom stereocenters. The number of hydrogen-bond donors (Lipinski definition) is 2. The van der Waals surface area contributed by atoms with E-state index in [0.717, 1.165) is 28.1 Å². The van der Waals surface area contributed by atoms with E-state index in [1.807, 2.05) is 6.92 Å². The summed E-state index contributed by atoms with van der Waals surface area (Å²) in [4.78, 5) is 24.1. The third kappa shape index (κ3) is 6.15. The number of carbonyl (C=O) groups is 2. The Morgan fingerprint density at radius 3 is 2.35 bits per heavy atom. The fourth-order valence-corrected chi connectivity index (χ4v) is 5.28. The molecule has 11 heteroatoms. The predicted molar refractivity (Wildman–Crippen MR) is 119 cm³/mol. The first-order valence-electron chi connectivity index (χ1n) is 10.8. The van der Waals surface area contributed by atoms with Crippen LogP contribution in [0.1, 0.15) is 41.3 Å². The molecule has 0 aromatic heterocycles. The Balaban J connectivity index is 1.57. The highest BCUT2D eigenvalue weighted by Crippen LogP contribution is 2.32. The van der Waals surface area contributed by atoms with Crippen molar-refractivity contribution in [3.8, 4) is 0 Å². The normalized spacial score (nSPS) is 15.6. The number of carbonyl (C=O) groups excluding carboxylic acids is 2. The van der Waals surface area contributed by atoms with E-state index in [4.69, 9.17) is 0 Å². The molecular weight excluding hydrogens is 471 g/mol. The number of nitrogens with one attached hydrogen (secondary N) is 2. The van der Waals surface area contributed by atoms with Gasteiger partial charge in [-0.1, -0.05) is 18.2 Å². The number of amides is 2. The molecule has 1 saturated heterocycles. The Morgan fingerprint density at radius 2 is 1.71 bits per heavy atom. The summed E-state index contributed by atoms with van der Waals surface area (Å²) >= 11 is 0. The maximum atomic E-state index is 13.0. The average Bonchev–Trinajstić information content (AvgIpc) is 2.82. The Bertz CT molecular complexity index is 1140. The van der Waals surface area contributed by atoms with Crippen molar-refractivity contribution in [3.63, 3.8) is 0 Å². The lowest BCUT2D eigenvalue weighted by Gasteiger charge is -2.30. The van der Waals surface area contributed by atoms with E-state index in [9.17, 15) is 31.2 Å². The van der Waals surface area contributed by atoms with E-state index in [0.29, 0.717) is 18.2 Å². The molecule has 1 heterocycles. The largest absolute Gasteiger partial charge is 0.416 e. The number of nitrogens with zero attached hydrogens (tertiary/aromatic N) is 1. The fraction of sp³-hybridized carbons (Fsp3) is 0.391. The number of alkyl halides is 3. The van der Waals surface area contributed by atoms with Gasteiger partial charge in [0.15, 0.2) is 0 Å². The van der Waals surface area contributed by atoms with E-state index in [-0.39, 0.29) is 44.3 Å². The van der Waals surface area contributed by atoms with Crippen LogP contribution in [0.25, 0.3) is 0 Å². The Morgan fingerprint density at radius 1 is 1.03 bits per heavy atom. The Hall–Kier alpha value is -2.92. The zero-order chi connectivity index (χ0) is 24.9. The first-order chi connectivity index (χ1) is 16.0. The second-order valence-corrected chi connectivity index (χ2v) is 9.92. The van der Waals surface area contributed by atoms with Gasteiger partial charge in [-0.3, -0.25) is 9.59 Å². The summed E-state index contributed by atoms with van der Waals surface area (Å²) in [6, 6.07) is 10.5. The molecule has 2 amide bonds. The molecule has 2 aromatic rings. The van der Waals surface area contributed by atoms with Gasteiger partial charge in [-0.15, -0.1) is 0 Å². The predicted octanol–water partition coefficient (Wildman–Crippen LogP) is 3.17. The quantitative estimate of drug-likeness (QED) is 0.614. The van der Waals surface area contributed by atoms with Crippen molar-refractivity contribution in [1.29, 1.82) is 0 Å². The number of sulfonamides is 1. The van der Waals surface area contributed by atoms with Gasteiger partial charge in [-0.25, -0.2) is 8.42 Å². The number of rotatable bonds is 7. The average molecular weight is 498 g/mol. The van der Waals surface area contributed by atoms with Crippen LogP contribution in [0.2, 0.25) is 0 Å². The summed E-state index contributed by atoms with van der Waals surface area (Å²) in [7, 11) is -4.10. The van der Waals surface area contributed by atoms with Gasteiger partial charge in [0.1, 0.15) is 0 Å². The maximum Gasteiger partial charge on any atom is 0.416 e. The molecule has 2 aromatic carbocycles. The lowest BCUT2D eigenvalue weighted by molar-refractivity contribution is -0.137. The molecule has 0 saturated carbocycles. The van der Waals surface area contributed by atoms with Gasteiger partial charge in [0.05, 0.1) is 10.5 Å². The topological polar surface area (TPSA) is 95.6 Å². The van der Waals surface area contributed by atoms with Crippen molar-refractivity contribution in [2.24, 2.45) is 5.92 Å². The van der Waals surface area contributed by atoms with E-state index in [2.05, 4.69) is 10.6 Å². The Kier molecular flexibility index (Phi) is 7.98. The van der Waals surface area contributed by atoms with Gasteiger partial charge in [-0.05, 0) is 55.7 Å². The van der Waals surface area contributed by atoms with Crippen molar-refractivity contribution in [2.45, 2.75) is 37.4 Å². The van der Waals surface area contributed by atoms with Gasteiger partial charge < -0.3 is 10.6 Å². The van der Waals surface area contributed by atoms with Crippen molar-refractivity contribution < 1.29 is 31.2 Å². The molecular formula is C23H26F3N3O4S. The molecule has 0 spiro atoms. The van der Waals surface area contributed by atoms with Gasteiger partial charge >= 0.3 is 6.18 Å².